The van der Waals surface area contributed by atoms with E-state index in [-0.39, 0.29) is 11.9 Å². The number of nitrogens with two attached hydrogens (primary N) is 2. The van der Waals surface area contributed by atoms with Crippen molar-refractivity contribution in [3.05, 3.63) is 59.0 Å². The fraction of sp³-hybridized carbons (Fsp3) is 0.154. The second-order valence-corrected chi connectivity index (χ2v) is 4.02. The smallest absolute Gasteiger partial charge is 0.128 e. The van der Waals surface area contributed by atoms with Crippen molar-refractivity contribution in [2.75, 3.05) is 5.73 Å². The number of nitrogen functional groups attached to an aromatic ring is 1. The van der Waals surface area contributed by atoms with E-state index in [1.807, 2.05) is 13.0 Å². The molecule has 4 heteroatoms. The van der Waals surface area contributed by atoms with Crippen LogP contribution in [-0.4, -0.2) is 4.98 Å². The fourth-order valence-corrected chi connectivity index (χ4v) is 1.70. The number of hydrogen-bond donors (Lipinski definition) is 2. The van der Waals surface area contributed by atoms with Crippen LogP contribution in [0.1, 0.15) is 22.7 Å². The maximum Gasteiger partial charge on any atom is 0.128 e. The SMILES string of the molecule is Cc1cnc(N)c(C(N)c2ccc(F)cc2)c1. The summed E-state index contributed by atoms with van der Waals surface area (Å²) in [6.45, 7) is 1.92. The molecule has 3 nitrogen and oxygen atoms in total. The number of pyridine rings is 1. The number of anilines is 1. The van der Waals surface area contributed by atoms with Crippen LogP contribution < -0.4 is 11.5 Å². The molecule has 0 aliphatic heterocycles. The Morgan fingerprint density at radius 2 is 1.88 bits per heavy atom. The lowest BCUT2D eigenvalue weighted by Gasteiger charge is -2.14. The predicted molar refractivity (Wildman–Crippen MR) is 65.8 cm³/mol. The van der Waals surface area contributed by atoms with Gasteiger partial charge in [0.15, 0.2) is 0 Å². The van der Waals surface area contributed by atoms with Gasteiger partial charge in [-0.2, -0.15) is 0 Å². The van der Waals surface area contributed by atoms with Crippen LogP contribution >= 0.6 is 0 Å². The Labute approximate surface area is 99.3 Å². The van der Waals surface area contributed by atoms with E-state index >= 15 is 0 Å². The second-order valence-electron chi connectivity index (χ2n) is 4.02. The lowest BCUT2D eigenvalue weighted by atomic mass is 9.99. The minimum absolute atomic E-state index is 0.281. The maximum atomic E-state index is 12.8. The van der Waals surface area contributed by atoms with Gasteiger partial charge in [-0.05, 0) is 36.2 Å². The molecule has 1 atom stereocenters. The highest BCUT2D eigenvalue weighted by Gasteiger charge is 2.13. The lowest BCUT2D eigenvalue weighted by molar-refractivity contribution is 0.626. The first kappa shape index (κ1) is 11.5. The Kier molecular flexibility index (Phi) is 3.06. The molecule has 1 unspecified atom stereocenters. The minimum atomic E-state index is -0.386. The highest BCUT2D eigenvalue weighted by molar-refractivity contribution is 5.46. The van der Waals surface area contributed by atoms with Crippen molar-refractivity contribution in [3.8, 4) is 0 Å². The fourth-order valence-electron chi connectivity index (χ4n) is 1.70. The van der Waals surface area contributed by atoms with E-state index in [1.54, 1.807) is 18.3 Å². The highest BCUT2D eigenvalue weighted by atomic mass is 19.1. The van der Waals surface area contributed by atoms with Crippen molar-refractivity contribution in [1.82, 2.24) is 4.98 Å². The normalized spacial score (nSPS) is 12.4. The second kappa shape index (κ2) is 4.51. The Morgan fingerprint density at radius 3 is 2.53 bits per heavy atom. The van der Waals surface area contributed by atoms with Crippen molar-refractivity contribution < 1.29 is 4.39 Å². The van der Waals surface area contributed by atoms with Crippen molar-refractivity contribution in [2.45, 2.75) is 13.0 Å². The molecule has 4 N–H and O–H groups in total. The number of benzene rings is 1. The third-order valence-electron chi connectivity index (χ3n) is 2.65. The van der Waals surface area contributed by atoms with Gasteiger partial charge < -0.3 is 11.5 Å². The molecule has 2 aromatic rings. The quantitative estimate of drug-likeness (QED) is 0.832. The molecule has 17 heavy (non-hydrogen) atoms. The summed E-state index contributed by atoms with van der Waals surface area (Å²) >= 11 is 0. The van der Waals surface area contributed by atoms with Crippen LogP contribution in [0.2, 0.25) is 0 Å². The van der Waals surface area contributed by atoms with Crippen LogP contribution in [0.3, 0.4) is 0 Å². The lowest BCUT2D eigenvalue weighted by Crippen LogP contribution is -2.15. The van der Waals surface area contributed by atoms with Crippen LogP contribution in [0.4, 0.5) is 10.2 Å². The molecule has 2 rings (SSSR count). The first-order valence-corrected chi connectivity index (χ1v) is 5.31. The average Bonchev–Trinajstić information content (AvgIpc) is 2.32. The molecule has 1 heterocycles. The topological polar surface area (TPSA) is 64.9 Å². The maximum absolute atomic E-state index is 12.8. The summed E-state index contributed by atoms with van der Waals surface area (Å²) in [5.74, 6) is 0.128. The van der Waals surface area contributed by atoms with E-state index in [1.165, 1.54) is 12.1 Å². The Bertz CT molecular complexity index is 523. The van der Waals surface area contributed by atoms with E-state index in [0.29, 0.717) is 5.82 Å². The molecule has 1 aromatic heterocycles. The van der Waals surface area contributed by atoms with Gasteiger partial charge >= 0.3 is 0 Å². The Balaban J connectivity index is 2.39. The first-order chi connectivity index (χ1) is 8.08. The number of nitrogens with zero attached hydrogens (tertiary/aromatic N) is 1. The van der Waals surface area contributed by atoms with Crippen LogP contribution in [-0.2, 0) is 0 Å². The zero-order valence-electron chi connectivity index (χ0n) is 9.52. The number of aromatic nitrogens is 1. The van der Waals surface area contributed by atoms with Gasteiger partial charge in [0, 0.05) is 11.8 Å². The minimum Gasteiger partial charge on any atom is -0.383 e. The number of hydrogen-bond acceptors (Lipinski definition) is 3. The van der Waals surface area contributed by atoms with E-state index < -0.39 is 0 Å². The standard InChI is InChI=1S/C13H14FN3/c1-8-6-11(13(16)17-7-8)12(15)9-2-4-10(14)5-3-9/h2-7,12H,15H2,1H3,(H2,16,17). The molecule has 0 bridgehead atoms. The number of rotatable bonds is 2. The van der Waals surface area contributed by atoms with Gasteiger partial charge in [0.1, 0.15) is 11.6 Å². The predicted octanol–water partition coefficient (Wildman–Crippen LogP) is 2.16. The molecule has 0 saturated carbocycles. The molecule has 1 aromatic carbocycles. The van der Waals surface area contributed by atoms with Crippen LogP contribution in [0, 0.1) is 12.7 Å². The summed E-state index contributed by atoms with van der Waals surface area (Å²) in [4.78, 5) is 4.07. The Hall–Kier alpha value is -1.94. The van der Waals surface area contributed by atoms with Crippen LogP contribution in [0.15, 0.2) is 36.5 Å². The van der Waals surface area contributed by atoms with Crippen molar-refractivity contribution in [3.63, 3.8) is 0 Å². The van der Waals surface area contributed by atoms with E-state index in [4.69, 9.17) is 11.5 Å². The van der Waals surface area contributed by atoms with Gasteiger partial charge in [-0.25, -0.2) is 9.37 Å². The van der Waals surface area contributed by atoms with Crippen molar-refractivity contribution >= 4 is 5.82 Å². The summed E-state index contributed by atoms with van der Waals surface area (Å²) in [7, 11) is 0. The molecule has 0 fully saturated rings. The van der Waals surface area contributed by atoms with E-state index in [9.17, 15) is 4.39 Å². The van der Waals surface area contributed by atoms with Crippen molar-refractivity contribution in [2.24, 2.45) is 5.73 Å². The van der Waals surface area contributed by atoms with Gasteiger partial charge in [-0.15, -0.1) is 0 Å². The molecule has 0 aliphatic rings. The first-order valence-electron chi connectivity index (χ1n) is 5.31. The summed E-state index contributed by atoms with van der Waals surface area (Å²) in [6.07, 6.45) is 1.69. The molecule has 0 saturated heterocycles. The zero-order chi connectivity index (χ0) is 12.4. The monoisotopic (exact) mass is 231 g/mol. The number of aryl methyl sites for hydroxylation is 1. The summed E-state index contributed by atoms with van der Waals surface area (Å²) in [5.41, 5.74) is 14.4. The van der Waals surface area contributed by atoms with Crippen LogP contribution in [0.5, 0.6) is 0 Å². The largest absolute Gasteiger partial charge is 0.383 e. The molecule has 0 spiro atoms. The number of halogens is 1. The zero-order valence-corrected chi connectivity index (χ0v) is 9.52. The molecule has 0 aliphatic carbocycles. The molecule has 88 valence electrons. The van der Waals surface area contributed by atoms with Gasteiger partial charge in [0.25, 0.3) is 0 Å². The molecule has 0 radical (unpaired) electrons. The van der Waals surface area contributed by atoms with E-state index in [2.05, 4.69) is 4.98 Å². The average molecular weight is 231 g/mol. The molecule has 0 amide bonds. The third kappa shape index (κ3) is 2.42. The van der Waals surface area contributed by atoms with Gasteiger partial charge in [0.05, 0.1) is 6.04 Å². The van der Waals surface area contributed by atoms with E-state index in [0.717, 1.165) is 16.7 Å². The summed E-state index contributed by atoms with van der Waals surface area (Å²) in [6, 6.07) is 7.59. The van der Waals surface area contributed by atoms with Crippen LogP contribution in [0.25, 0.3) is 0 Å². The third-order valence-corrected chi connectivity index (χ3v) is 2.65. The van der Waals surface area contributed by atoms with Crippen molar-refractivity contribution in [1.29, 1.82) is 0 Å². The molecular formula is C13H14FN3. The molecular weight excluding hydrogens is 217 g/mol. The summed E-state index contributed by atoms with van der Waals surface area (Å²) < 4.78 is 12.8. The van der Waals surface area contributed by atoms with Gasteiger partial charge in [0.2, 0.25) is 0 Å². The highest BCUT2D eigenvalue weighted by Crippen LogP contribution is 2.24. The Morgan fingerprint density at radius 1 is 1.24 bits per heavy atom. The summed E-state index contributed by atoms with van der Waals surface area (Å²) in [5, 5.41) is 0. The van der Waals surface area contributed by atoms with Gasteiger partial charge in [-0.1, -0.05) is 12.1 Å². The van der Waals surface area contributed by atoms with Gasteiger partial charge in [-0.3, -0.25) is 0 Å².